The molecule has 122 valence electrons. The zero-order chi connectivity index (χ0) is 14.8. The number of hydrogen-bond donors (Lipinski definition) is 1. The fraction of sp³-hybridized carbons (Fsp3) is 0.533. The van der Waals surface area contributed by atoms with Crippen molar-refractivity contribution in [3.8, 4) is 0 Å². The Morgan fingerprint density at radius 2 is 2.18 bits per heavy atom. The van der Waals surface area contributed by atoms with Crippen LogP contribution in [0.3, 0.4) is 0 Å². The van der Waals surface area contributed by atoms with E-state index in [1.165, 1.54) is 0 Å². The third-order valence-electron chi connectivity index (χ3n) is 4.13. The molecule has 0 saturated carbocycles. The van der Waals surface area contributed by atoms with Crippen molar-refractivity contribution < 1.29 is 18.3 Å². The third-order valence-corrected chi connectivity index (χ3v) is 4.13. The molecule has 0 spiro atoms. The number of halogens is 3. The highest BCUT2D eigenvalue weighted by Gasteiger charge is 2.38. The topological polar surface area (TPSA) is 41.6 Å². The smallest absolute Gasteiger partial charge is 0.223 e. The van der Waals surface area contributed by atoms with Gasteiger partial charge in [0, 0.05) is 26.1 Å². The molecule has 2 atom stereocenters. The van der Waals surface area contributed by atoms with Crippen molar-refractivity contribution in [2.75, 3.05) is 26.2 Å². The van der Waals surface area contributed by atoms with Gasteiger partial charge in [0.2, 0.25) is 5.91 Å². The Balaban J connectivity index is 0.00000176. The van der Waals surface area contributed by atoms with Gasteiger partial charge in [-0.2, -0.15) is 0 Å². The summed E-state index contributed by atoms with van der Waals surface area (Å²) in [5.74, 6) is -0.975. The summed E-state index contributed by atoms with van der Waals surface area (Å²) in [6.45, 7) is 2.58. The van der Waals surface area contributed by atoms with Gasteiger partial charge in [-0.05, 0) is 30.2 Å². The first-order valence-electron chi connectivity index (χ1n) is 7.21. The predicted octanol–water partition coefficient (Wildman–Crippen LogP) is 1.52. The lowest BCUT2D eigenvalue weighted by atomic mass is 10.1. The largest absolute Gasteiger partial charge is 0.373 e. The molecule has 0 aliphatic carbocycles. The Labute approximate surface area is 134 Å². The number of hydrogen-bond acceptors (Lipinski definition) is 3. The molecule has 1 aromatic carbocycles. The highest BCUT2D eigenvalue weighted by Crippen LogP contribution is 2.19. The molecule has 2 saturated heterocycles. The van der Waals surface area contributed by atoms with Gasteiger partial charge >= 0.3 is 0 Å². The van der Waals surface area contributed by atoms with Gasteiger partial charge in [-0.3, -0.25) is 4.79 Å². The van der Waals surface area contributed by atoms with E-state index in [-0.39, 0.29) is 48.9 Å². The molecule has 0 aromatic heterocycles. The third kappa shape index (κ3) is 3.56. The van der Waals surface area contributed by atoms with Crippen molar-refractivity contribution in [3.63, 3.8) is 0 Å². The van der Waals surface area contributed by atoms with Crippen LogP contribution in [0.5, 0.6) is 0 Å². The molecule has 2 aliphatic heterocycles. The minimum absolute atomic E-state index is 0. The molecule has 2 aliphatic rings. The number of carbonyl (C=O) groups is 1. The Bertz CT molecular complexity index is 544. The monoisotopic (exact) mass is 332 g/mol. The maximum Gasteiger partial charge on any atom is 0.223 e. The van der Waals surface area contributed by atoms with E-state index < -0.39 is 11.6 Å². The average Bonchev–Trinajstić information content (AvgIpc) is 2.96. The molecule has 22 heavy (non-hydrogen) atoms. The molecule has 4 nitrogen and oxygen atoms in total. The Hall–Kier alpha value is -1.24. The van der Waals surface area contributed by atoms with Crippen LogP contribution in [0.2, 0.25) is 0 Å². The van der Waals surface area contributed by atoms with Gasteiger partial charge < -0.3 is 15.0 Å². The van der Waals surface area contributed by atoms with Gasteiger partial charge in [0.05, 0.1) is 18.8 Å². The summed E-state index contributed by atoms with van der Waals surface area (Å²) in [5, 5.41) is 3.21. The fourth-order valence-corrected chi connectivity index (χ4v) is 3.02. The van der Waals surface area contributed by atoms with Crippen LogP contribution >= 0.6 is 12.4 Å². The van der Waals surface area contributed by atoms with E-state index in [1.807, 2.05) is 4.90 Å². The van der Waals surface area contributed by atoms with Crippen LogP contribution in [0.1, 0.15) is 12.0 Å². The van der Waals surface area contributed by atoms with E-state index in [0.717, 1.165) is 31.3 Å². The van der Waals surface area contributed by atoms with Gasteiger partial charge in [0.25, 0.3) is 0 Å². The van der Waals surface area contributed by atoms with E-state index in [4.69, 9.17) is 4.74 Å². The van der Waals surface area contributed by atoms with Crippen LogP contribution in [-0.2, 0) is 16.0 Å². The second-order valence-electron chi connectivity index (χ2n) is 5.46. The van der Waals surface area contributed by atoms with Crippen LogP contribution in [0.25, 0.3) is 0 Å². The first kappa shape index (κ1) is 17.1. The van der Waals surface area contributed by atoms with Crippen molar-refractivity contribution in [1.82, 2.24) is 10.2 Å². The zero-order valence-corrected chi connectivity index (χ0v) is 12.9. The number of nitrogens with one attached hydrogen (secondary N) is 1. The standard InChI is InChI=1S/C15H18F2N2O2.ClH/c16-11-2-3-12(17)10(7-11)1-4-15(20)19-5-6-21-14-9-18-8-13(14)19;/h2-3,7,13-14,18H,1,4-6,8-9H2;1H/t13-,14+;/m1./s1. The maximum atomic E-state index is 13.6. The Kier molecular flexibility index (Phi) is 5.72. The first-order valence-corrected chi connectivity index (χ1v) is 7.21. The molecule has 1 amide bonds. The number of amides is 1. The normalized spacial score (nSPS) is 23.8. The van der Waals surface area contributed by atoms with Gasteiger partial charge in [-0.25, -0.2) is 8.78 Å². The number of ether oxygens (including phenoxy) is 1. The van der Waals surface area contributed by atoms with E-state index in [9.17, 15) is 13.6 Å². The molecule has 0 radical (unpaired) electrons. The van der Waals surface area contributed by atoms with Crippen LogP contribution in [-0.4, -0.2) is 49.2 Å². The lowest BCUT2D eigenvalue weighted by Crippen LogP contribution is -2.53. The highest BCUT2D eigenvalue weighted by atomic mass is 35.5. The lowest BCUT2D eigenvalue weighted by Gasteiger charge is -2.37. The average molecular weight is 333 g/mol. The summed E-state index contributed by atoms with van der Waals surface area (Å²) >= 11 is 0. The van der Waals surface area contributed by atoms with Crippen LogP contribution in [0.4, 0.5) is 8.78 Å². The fourth-order valence-electron chi connectivity index (χ4n) is 3.02. The SMILES string of the molecule is Cl.O=C(CCc1cc(F)ccc1F)N1CCO[C@H]2CNC[C@H]21. The molecule has 0 unspecified atom stereocenters. The maximum absolute atomic E-state index is 13.6. The Morgan fingerprint density at radius 1 is 1.36 bits per heavy atom. The number of aryl methyl sites for hydroxylation is 1. The molecule has 2 fully saturated rings. The highest BCUT2D eigenvalue weighted by molar-refractivity contribution is 5.85. The lowest BCUT2D eigenvalue weighted by molar-refractivity contribution is -0.142. The number of carbonyl (C=O) groups excluding carboxylic acids is 1. The molecule has 7 heteroatoms. The summed E-state index contributed by atoms with van der Waals surface area (Å²) in [6, 6.07) is 3.39. The molecule has 1 aromatic rings. The number of morpholine rings is 1. The van der Waals surface area contributed by atoms with E-state index in [2.05, 4.69) is 5.32 Å². The van der Waals surface area contributed by atoms with Gasteiger partial charge in [0.1, 0.15) is 11.6 Å². The number of nitrogens with zero attached hydrogens (tertiary/aromatic N) is 1. The summed E-state index contributed by atoms with van der Waals surface area (Å²) < 4.78 is 32.3. The number of rotatable bonds is 3. The second kappa shape index (κ2) is 7.35. The summed E-state index contributed by atoms with van der Waals surface area (Å²) in [4.78, 5) is 14.1. The van der Waals surface area contributed by atoms with Gasteiger partial charge in [0.15, 0.2) is 0 Å². The van der Waals surface area contributed by atoms with Crippen molar-refractivity contribution in [2.45, 2.75) is 25.0 Å². The molecule has 3 rings (SSSR count). The minimum atomic E-state index is -0.481. The van der Waals surface area contributed by atoms with Crippen molar-refractivity contribution in [1.29, 1.82) is 0 Å². The Morgan fingerprint density at radius 3 is 3.00 bits per heavy atom. The van der Waals surface area contributed by atoms with Gasteiger partial charge in [-0.15, -0.1) is 12.4 Å². The second-order valence-corrected chi connectivity index (χ2v) is 5.46. The van der Waals surface area contributed by atoms with Crippen LogP contribution in [0.15, 0.2) is 18.2 Å². The predicted molar refractivity (Wildman–Crippen MR) is 80.0 cm³/mol. The first-order chi connectivity index (χ1) is 10.1. The van der Waals surface area contributed by atoms with E-state index >= 15 is 0 Å². The molecule has 1 N–H and O–H groups in total. The van der Waals surface area contributed by atoms with Crippen molar-refractivity contribution >= 4 is 18.3 Å². The molecule has 0 bridgehead atoms. The van der Waals surface area contributed by atoms with E-state index in [0.29, 0.717) is 13.2 Å². The molecule has 2 heterocycles. The van der Waals surface area contributed by atoms with Crippen LogP contribution in [0, 0.1) is 11.6 Å². The van der Waals surface area contributed by atoms with Crippen molar-refractivity contribution in [3.05, 3.63) is 35.4 Å². The number of benzene rings is 1. The summed E-state index contributed by atoms with van der Waals surface area (Å²) in [7, 11) is 0. The number of fused-ring (bicyclic) bond motifs is 1. The molecular formula is C15H19ClF2N2O2. The minimum Gasteiger partial charge on any atom is -0.373 e. The molecular weight excluding hydrogens is 314 g/mol. The summed E-state index contributed by atoms with van der Waals surface area (Å²) in [5.41, 5.74) is 0.248. The van der Waals surface area contributed by atoms with Crippen LogP contribution < -0.4 is 5.32 Å². The van der Waals surface area contributed by atoms with Gasteiger partial charge in [-0.1, -0.05) is 0 Å². The van der Waals surface area contributed by atoms with Crippen molar-refractivity contribution in [2.24, 2.45) is 0 Å². The van der Waals surface area contributed by atoms with E-state index in [1.54, 1.807) is 0 Å². The quantitative estimate of drug-likeness (QED) is 0.912. The zero-order valence-electron chi connectivity index (χ0n) is 12.1. The summed E-state index contributed by atoms with van der Waals surface area (Å²) in [6.07, 6.45) is 0.447.